The minimum absolute atomic E-state index is 0.267. The standard InChI is InChI=1S/C31H28FN5O/c1-20-15-21(2)17-25(16-20)33-31(38)36-19-27-22(3)34-37(26-11-5-4-6-12-26)30(27)35-14-8-13-28(35)29(36)23-9-7-10-24(32)18-23/h4-18,29H,19H2,1-3H3,(H,33,38). The Labute approximate surface area is 221 Å². The van der Waals surface area contributed by atoms with E-state index in [1.54, 1.807) is 11.0 Å². The van der Waals surface area contributed by atoms with Crippen LogP contribution in [0, 0.1) is 26.6 Å². The molecule has 1 unspecified atom stereocenters. The molecule has 2 amide bonds. The Morgan fingerprint density at radius 1 is 0.921 bits per heavy atom. The van der Waals surface area contributed by atoms with E-state index in [-0.39, 0.29) is 11.8 Å². The van der Waals surface area contributed by atoms with E-state index in [1.165, 1.54) is 12.1 Å². The molecule has 6 rings (SSSR count). The second kappa shape index (κ2) is 9.34. The highest BCUT2D eigenvalue weighted by molar-refractivity contribution is 5.90. The Balaban J connectivity index is 1.54. The van der Waals surface area contributed by atoms with E-state index in [1.807, 2.05) is 92.3 Å². The molecule has 1 N–H and O–H groups in total. The molecule has 0 spiro atoms. The molecule has 3 aromatic carbocycles. The number of anilines is 1. The van der Waals surface area contributed by atoms with Gasteiger partial charge in [-0.1, -0.05) is 36.4 Å². The number of urea groups is 1. The van der Waals surface area contributed by atoms with Crippen molar-refractivity contribution in [3.05, 3.63) is 131 Å². The lowest BCUT2D eigenvalue weighted by atomic mass is 10.0. The molecule has 6 nitrogen and oxygen atoms in total. The van der Waals surface area contributed by atoms with Crippen LogP contribution in [0.4, 0.5) is 14.9 Å². The van der Waals surface area contributed by atoms with Gasteiger partial charge >= 0.3 is 6.03 Å². The van der Waals surface area contributed by atoms with Gasteiger partial charge in [-0.05, 0) is 86.0 Å². The third kappa shape index (κ3) is 4.16. The third-order valence-corrected chi connectivity index (χ3v) is 6.99. The Kier molecular flexibility index (Phi) is 5.83. The van der Waals surface area contributed by atoms with Crippen LogP contribution in [-0.2, 0) is 6.54 Å². The highest BCUT2D eigenvalue weighted by Gasteiger charge is 2.36. The number of para-hydroxylation sites is 1. The Morgan fingerprint density at radius 2 is 1.68 bits per heavy atom. The number of amides is 2. The number of nitrogens with one attached hydrogen (secondary N) is 1. The van der Waals surface area contributed by atoms with Crippen molar-refractivity contribution in [1.82, 2.24) is 19.2 Å². The van der Waals surface area contributed by atoms with Crippen molar-refractivity contribution < 1.29 is 9.18 Å². The van der Waals surface area contributed by atoms with Gasteiger partial charge in [-0.3, -0.25) is 0 Å². The van der Waals surface area contributed by atoms with Crippen molar-refractivity contribution in [2.24, 2.45) is 0 Å². The molecule has 0 saturated carbocycles. The summed E-state index contributed by atoms with van der Waals surface area (Å²) in [6, 6.07) is 25.5. The smallest absolute Gasteiger partial charge is 0.308 e. The third-order valence-electron chi connectivity index (χ3n) is 6.99. The molecular formula is C31H28FN5O. The predicted molar refractivity (Wildman–Crippen MR) is 146 cm³/mol. The molecule has 0 fully saturated rings. The number of carbonyl (C=O) groups is 1. The lowest BCUT2D eigenvalue weighted by Gasteiger charge is -2.31. The van der Waals surface area contributed by atoms with Crippen molar-refractivity contribution in [1.29, 1.82) is 0 Å². The number of hydrogen-bond donors (Lipinski definition) is 1. The summed E-state index contributed by atoms with van der Waals surface area (Å²) in [4.78, 5) is 15.8. The van der Waals surface area contributed by atoms with E-state index in [9.17, 15) is 9.18 Å². The fraction of sp³-hybridized carbons (Fsp3) is 0.161. The fourth-order valence-electron chi connectivity index (χ4n) is 5.42. The Morgan fingerprint density at radius 3 is 2.42 bits per heavy atom. The number of aromatic nitrogens is 3. The maximum Gasteiger partial charge on any atom is 0.322 e. The zero-order valence-electron chi connectivity index (χ0n) is 21.5. The van der Waals surface area contributed by atoms with Gasteiger partial charge in [0, 0.05) is 17.4 Å². The van der Waals surface area contributed by atoms with Crippen molar-refractivity contribution in [2.75, 3.05) is 5.32 Å². The van der Waals surface area contributed by atoms with Gasteiger partial charge < -0.3 is 14.8 Å². The maximum absolute atomic E-state index is 14.5. The van der Waals surface area contributed by atoms with Gasteiger partial charge in [0.05, 0.1) is 29.7 Å². The molecule has 38 heavy (non-hydrogen) atoms. The number of hydrogen-bond acceptors (Lipinski definition) is 2. The van der Waals surface area contributed by atoms with E-state index in [0.29, 0.717) is 12.1 Å². The van der Waals surface area contributed by atoms with Crippen LogP contribution >= 0.6 is 0 Å². The van der Waals surface area contributed by atoms with Crippen LogP contribution in [0.15, 0.2) is 91.1 Å². The number of carbonyl (C=O) groups excluding carboxylic acids is 1. The van der Waals surface area contributed by atoms with Crippen molar-refractivity contribution in [3.8, 4) is 11.5 Å². The van der Waals surface area contributed by atoms with Gasteiger partial charge in [0.15, 0.2) is 0 Å². The first kappa shape index (κ1) is 23.7. The molecule has 7 heteroatoms. The molecule has 1 aliphatic heterocycles. The molecule has 0 aliphatic carbocycles. The highest BCUT2D eigenvalue weighted by atomic mass is 19.1. The largest absolute Gasteiger partial charge is 0.322 e. The van der Waals surface area contributed by atoms with Crippen LogP contribution in [0.25, 0.3) is 11.5 Å². The molecule has 0 bridgehead atoms. The molecule has 190 valence electrons. The SMILES string of the molecule is Cc1cc(C)cc(NC(=O)N2Cc3c(C)nn(-c4ccccc4)c3-n3cccc3C2c2cccc(F)c2)c1. The van der Waals surface area contributed by atoms with Crippen molar-refractivity contribution in [3.63, 3.8) is 0 Å². The van der Waals surface area contributed by atoms with Crippen LogP contribution in [0.5, 0.6) is 0 Å². The van der Waals surface area contributed by atoms with Crippen molar-refractivity contribution in [2.45, 2.75) is 33.4 Å². The first-order valence-electron chi connectivity index (χ1n) is 12.6. The second-order valence-electron chi connectivity index (χ2n) is 9.83. The number of nitrogens with zero attached hydrogens (tertiary/aromatic N) is 4. The summed E-state index contributed by atoms with van der Waals surface area (Å²) in [5.74, 6) is 0.528. The first-order valence-corrected chi connectivity index (χ1v) is 12.6. The minimum Gasteiger partial charge on any atom is -0.308 e. The van der Waals surface area contributed by atoms with Crippen LogP contribution < -0.4 is 5.32 Å². The average Bonchev–Trinajstić information content (AvgIpc) is 3.44. The van der Waals surface area contributed by atoms with Gasteiger partial charge in [0.1, 0.15) is 11.6 Å². The Hall–Kier alpha value is -4.65. The van der Waals surface area contributed by atoms with Gasteiger partial charge in [-0.15, -0.1) is 0 Å². The van der Waals surface area contributed by atoms with Crippen LogP contribution in [-0.4, -0.2) is 25.3 Å². The lowest BCUT2D eigenvalue weighted by molar-refractivity contribution is 0.194. The number of fused-ring (bicyclic) bond motifs is 3. The van der Waals surface area contributed by atoms with E-state index in [0.717, 1.165) is 45.3 Å². The topological polar surface area (TPSA) is 55.1 Å². The fourth-order valence-corrected chi connectivity index (χ4v) is 5.42. The van der Waals surface area contributed by atoms with Gasteiger partial charge in [0.2, 0.25) is 0 Å². The molecular weight excluding hydrogens is 477 g/mol. The minimum atomic E-state index is -0.525. The second-order valence-corrected chi connectivity index (χ2v) is 9.83. The maximum atomic E-state index is 14.5. The summed E-state index contributed by atoms with van der Waals surface area (Å²) in [7, 11) is 0. The molecule has 5 aromatic rings. The highest BCUT2D eigenvalue weighted by Crippen LogP contribution is 2.39. The van der Waals surface area contributed by atoms with Crippen LogP contribution in [0.3, 0.4) is 0 Å². The molecule has 2 aromatic heterocycles. The zero-order chi connectivity index (χ0) is 26.4. The molecule has 1 atom stereocenters. The zero-order valence-corrected chi connectivity index (χ0v) is 21.5. The number of halogens is 1. The monoisotopic (exact) mass is 505 g/mol. The summed E-state index contributed by atoms with van der Waals surface area (Å²) in [6.07, 6.45) is 1.98. The van der Waals surface area contributed by atoms with E-state index < -0.39 is 6.04 Å². The number of aryl methyl sites for hydroxylation is 3. The summed E-state index contributed by atoms with van der Waals surface area (Å²) in [5, 5.41) is 7.98. The van der Waals surface area contributed by atoms with Crippen molar-refractivity contribution >= 4 is 11.7 Å². The molecule has 1 aliphatic rings. The van der Waals surface area contributed by atoms with Crippen LogP contribution in [0.1, 0.15) is 39.7 Å². The summed E-state index contributed by atoms with van der Waals surface area (Å²) in [6.45, 7) is 6.27. The van der Waals surface area contributed by atoms with E-state index in [4.69, 9.17) is 5.10 Å². The molecule has 0 saturated heterocycles. The van der Waals surface area contributed by atoms with E-state index in [2.05, 4.69) is 16.0 Å². The predicted octanol–water partition coefficient (Wildman–Crippen LogP) is 6.86. The quantitative estimate of drug-likeness (QED) is 0.291. The number of rotatable bonds is 3. The molecule has 0 radical (unpaired) electrons. The lowest BCUT2D eigenvalue weighted by Crippen LogP contribution is -2.38. The van der Waals surface area contributed by atoms with Gasteiger partial charge in [-0.2, -0.15) is 5.10 Å². The van der Waals surface area contributed by atoms with E-state index >= 15 is 0 Å². The van der Waals surface area contributed by atoms with Gasteiger partial charge in [-0.25, -0.2) is 13.9 Å². The normalized spacial score (nSPS) is 14.5. The summed E-state index contributed by atoms with van der Waals surface area (Å²) < 4.78 is 18.5. The molecule has 3 heterocycles. The summed E-state index contributed by atoms with van der Waals surface area (Å²) in [5.41, 5.74) is 7.08. The average molecular weight is 506 g/mol. The Bertz CT molecular complexity index is 1630. The first-order chi connectivity index (χ1) is 18.4. The number of benzene rings is 3. The van der Waals surface area contributed by atoms with Gasteiger partial charge in [0.25, 0.3) is 0 Å². The van der Waals surface area contributed by atoms with Crippen LogP contribution in [0.2, 0.25) is 0 Å². The summed E-state index contributed by atoms with van der Waals surface area (Å²) >= 11 is 0.